The van der Waals surface area contributed by atoms with E-state index in [1.807, 2.05) is 13.8 Å². The van der Waals surface area contributed by atoms with Crippen LogP contribution in [0.15, 0.2) is 5.38 Å². The third-order valence-corrected chi connectivity index (χ3v) is 6.31. The number of thiazole rings is 1. The first kappa shape index (κ1) is 27.0. The van der Waals surface area contributed by atoms with Gasteiger partial charge in [-0.1, -0.05) is 20.8 Å². The average Bonchev–Trinajstić information content (AvgIpc) is 3.38. The minimum atomic E-state index is -0.969. The Balaban J connectivity index is 2.20. The van der Waals surface area contributed by atoms with Crippen molar-refractivity contribution in [2.45, 2.75) is 65.5 Å². The molecule has 11 heteroatoms. The summed E-state index contributed by atoms with van der Waals surface area (Å²) in [6.07, 6.45) is 4.96. The number of imide groups is 1. The fourth-order valence-electron chi connectivity index (χ4n) is 3.46. The van der Waals surface area contributed by atoms with Gasteiger partial charge in [0.05, 0.1) is 0 Å². The fraction of sp³-hybridized carbons (Fsp3) is 0.565. The molecule has 1 aliphatic rings. The Kier molecular flexibility index (Phi) is 9.32. The van der Waals surface area contributed by atoms with E-state index in [1.165, 1.54) is 12.3 Å². The minimum Gasteiger partial charge on any atom is -0.455 e. The standard InChI is InChI=1S/C23H29N3O7S/c1-7-14(4)10-21(30)25(6)17(13(2)3)11-18(32-15(5)27)22-24-16(12-34-22)23(31)33-26-19(28)8-9-20(26)29/h1,12-14,17-18H,8-11H2,2-6H3/t14-,17-,18-/m1/s1. The number of carbonyl (C=O) groups excluding carboxylic acids is 5. The molecule has 0 N–H and O–H groups in total. The highest BCUT2D eigenvalue weighted by atomic mass is 32.1. The number of aromatic nitrogens is 1. The number of ether oxygens (including phenoxy) is 1. The Bertz CT molecular complexity index is 981. The molecule has 34 heavy (non-hydrogen) atoms. The molecule has 0 saturated carbocycles. The zero-order valence-corrected chi connectivity index (χ0v) is 20.7. The van der Waals surface area contributed by atoms with Crippen LogP contribution in [-0.4, -0.2) is 57.7 Å². The normalized spacial score (nSPS) is 16.1. The van der Waals surface area contributed by atoms with Crippen LogP contribution in [0.2, 0.25) is 0 Å². The predicted octanol–water partition coefficient (Wildman–Crippen LogP) is 2.50. The van der Waals surface area contributed by atoms with Crippen molar-refractivity contribution in [2.75, 3.05) is 7.05 Å². The molecule has 1 saturated heterocycles. The quantitative estimate of drug-likeness (QED) is 0.278. The van der Waals surface area contributed by atoms with Crippen molar-refractivity contribution in [1.82, 2.24) is 14.9 Å². The number of carbonyl (C=O) groups is 5. The number of hydroxylamine groups is 2. The predicted molar refractivity (Wildman–Crippen MR) is 122 cm³/mol. The van der Waals surface area contributed by atoms with Crippen molar-refractivity contribution in [3.8, 4) is 12.3 Å². The molecule has 3 atom stereocenters. The Morgan fingerprint density at radius 1 is 1.24 bits per heavy atom. The Morgan fingerprint density at radius 3 is 2.38 bits per heavy atom. The van der Waals surface area contributed by atoms with E-state index in [1.54, 1.807) is 18.9 Å². The SMILES string of the molecule is C#C[C@@H](C)CC(=O)N(C)[C@H](C[C@@H](OC(C)=O)c1nc(C(=O)ON2C(=O)CCC2=O)cs1)C(C)C. The van der Waals surface area contributed by atoms with Crippen LogP contribution in [-0.2, 0) is 28.8 Å². The van der Waals surface area contributed by atoms with Crippen LogP contribution < -0.4 is 0 Å². The topological polar surface area (TPSA) is 123 Å². The van der Waals surface area contributed by atoms with Crippen LogP contribution in [0.1, 0.15) is 75.0 Å². The zero-order chi connectivity index (χ0) is 25.6. The molecule has 1 aliphatic heterocycles. The number of nitrogens with zero attached hydrogens (tertiary/aromatic N) is 3. The lowest BCUT2D eigenvalue weighted by atomic mass is 9.95. The maximum absolute atomic E-state index is 12.7. The van der Waals surface area contributed by atoms with Crippen LogP contribution >= 0.6 is 11.3 Å². The number of rotatable bonds is 10. The highest BCUT2D eigenvalue weighted by Gasteiger charge is 2.35. The number of esters is 1. The van der Waals surface area contributed by atoms with Crippen LogP contribution in [0.5, 0.6) is 0 Å². The van der Waals surface area contributed by atoms with Gasteiger partial charge in [-0.15, -0.1) is 28.7 Å². The van der Waals surface area contributed by atoms with Crippen LogP contribution in [0.3, 0.4) is 0 Å². The lowest BCUT2D eigenvalue weighted by molar-refractivity contribution is -0.172. The maximum atomic E-state index is 12.7. The van der Waals surface area contributed by atoms with Crippen LogP contribution in [0, 0.1) is 24.2 Å². The number of amides is 3. The molecule has 0 spiro atoms. The monoisotopic (exact) mass is 491 g/mol. The summed E-state index contributed by atoms with van der Waals surface area (Å²) in [5, 5.41) is 2.16. The van der Waals surface area contributed by atoms with E-state index in [9.17, 15) is 24.0 Å². The van der Waals surface area contributed by atoms with Crippen molar-refractivity contribution in [1.29, 1.82) is 0 Å². The molecule has 0 radical (unpaired) electrons. The Morgan fingerprint density at radius 2 is 1.85 bits per heavy atom. The van der Waals surface area contributed by atoms with Crippen molar-refractivity contribution < 1.29 is 33.5 Å². The van der Waals surface area contributed by atoms with Gasteiger partial charge in [0.25, 0.3) is 11.8 Å². The van der Waals surface area contributed by atoms with Gasteiger partial charge in [-0.3, -0.25) is 19.2 Å². The van der Waals surface area contributed by atoms with Gasteiger partial charge in [-0.05, 0) is 5.92 Å². The molecular formula is C23H29N3O7S. The lowest BCUT2D eigenvalue weighted by Gasteiger charge is -2.33. The molecule has 0 aromatic carbocycles. The minimum absolute atomic E-state index is 0.0183. The second-order valence-electron chi connectivity index (χ2n) is 8.45. The van der Waals surface area contributed by atoms with E-state index in [0.29, 0.717) is 10.1 Å². The van der Waals surface area contributed by atoms with Gasteiger partial charge in [0.2, 0.25) is 5.91 Å². The first-order valence-electron chi connectivity index (χ1n) is 10.9. The van der Waals surface area contributed by atoms with E-state index in [0.717, 1.165) is 11.3 Å². The molecular weight excluding hydrogens is 462 g/mol. The molecule has 1 aromatic rings. The molecule has 0 unspecified atom stereocenters. The first-order chi connectivity index (χ1) is 15.9. The zero-order valence-electron chi connectivity index (χ0n) is 19.9. The lowest BCUT2D eigenvalue weighted by Crippen LogP contribution is -2.42. The second kappa shape index (κ2) is 11.7. The smallest absolute Gasteiger partial charge is 0.382 e. The van der Waals surface area contributed by atoms with E-state index < -0.39 is 29.9 Å². The van der Waals surface area contributed by atoms with Gasteiger partial charge in [0.15, 0.2) is 11.8 Å². The third-order valence-electron chi connectivity index (χ3n) is 5.38. The third kappa shape index (κ3) is 6.87. The van der Waals surface area contributed by atoms with Crippen LogP contribution in [0.25, 0.3) is 0 Å². The molecule has 3 amide bonds. The van der Waals surface area contributed by atoms with E-state index in [-0.39, 0.29) is 55.2 Å². The molecule has 184 valence electrons. The summed E-state index contributed by atoms with van der Waals surface area (Å²) >= 11 is 1.07. The highest BCUT2D eigenvalue weighted by molar-refractivity contribution is 7.09. The molecule has 0 bridgehead atoms. The highest BCUT2D eigenvalue weighted by Crippen LogP contribution is 2.31. The van der Waals surface area contributed by atoms with Gasteiger partial charge in [0.1, 0.15) is 5.01 Å². The molecule has 2 rings (SSSR count). The van der Waals surface area contributed by atoms with Crippen molar-refractivity contribution in [3.05, 3.63) is 16.1 Å². The molecule has 1 aromatic heterocycles. The van der Waals surface area contributed by atoms with Gasteiger partial charge < -0.3 is 14.5 Å². The Labute approximate surface area is 202 Å². The largest absolute Gasteiger partial charge is 0.455 e. The Hall–Kier alpha value is -3.26. The summed E-state index contributed by atoms with van der Waals surface area (Å²) in [7, 11) is 1.68. The number of terminal acetylenes is 1. The maximum Gasteiger partial charge on any atom is 0.382 e. The summed E-state index contributed by atoms with van der Waals surface area (Å²) in [6.45, 7) is 6.93. The summed E-state index contributed by atoms with van der Waals surface area (Å²) < 4.78 is 5.48. The van der Waals surface area contributed by atoms with Crippen molar-refractivity contribution in [3.63, 3.8) is 0 Å². The van der Waals surface area contributed by atoms with Crippen LogP contribution in [0.4, 0.5) is 0 Å². The molecule has 10 nitrogen and oxygen atoms in total. The van der Waals surface area contributed by atoms with E-state index in [4.69, 9.17) is 16.0 Å². The van der Waals surface area contributed by atoms with Gasteiger partial charge >= 0.3 is 11.9 Å². The number of hydrogen-bond donors (Lipinski definition) is 0. The summed E-state index contributed by atoms with van der Waals surface area (Å²) in [4.78, 5) is 71.0. The summed E-state index contributed by atoms with van der Waals surface area (Å²) in [5.41, 5.74) is -0.127. The fourth-order valence-corrected chi connectivity index (χ4v) is 4.29. The van der Waals surface area contributed by atoms with Crippen molar-refractivity contribution in [2.24, 2.45) is 11.8 Å². The average molecular weight is 492 g/mol. The molecule has 0 aliphatic carbocycles. The van der Waals surface area contributed by atoms with Gasteiger partial charge in [-0.25, -0.2) is 9.78 Å². The van der Waals surface area contributed by atoms with Gasteiger partial charge in [0, 0.05) is 57.0 Å². The van der Waals surface area contributed by atoms with Gasteiger partial charge in [-0.2, -0.15) is 0 Å². The van der Waals surface area contributed by atoms with E-state index in [2.05, 4.69) is 10.9 Å². The van der Waals surface area contributed by atoms with Crippen molar-refractivity contribution >= 4 is 41.0 Å². The first-order valence-corrected chi connectivity index (χ1v) is 11.7. The second-order valence-corrected chi connectivity index (χ2v) is 9.34. The molecule has 2 heterocycles. The summed E-state index contributed by atoms with van der Waals surface area (Å²) in [6, 6.07) is -0.305. The summed E-state index contributed by atoms with van der Waals surface area (Å²) in [5.74, 6) is -0.497. The number of hydrogen-bond acceptors (Lipinski definition) is 9. The molecule has 1 fully saturated rings. The van der Waals surface area contributed by atoms with E-state index >= 15 is 0 Å².